The molecule has 3 aliphatic heterocycles. The Morgan fingerprint density at radius 3 is 2.71 bits per heavy atom. The molecule has 5 rings (SSSR count). The predicted octanol–water partition coefficient (Wildman–Crippen LogP) is 3.67. The summed E-state index contributed by atoms with van der Waals surface area (Å²) in [7, 11) is 0. The van der Waals surface area contributed by atoms with Crippen molar-refractivity contribution in [2.24, 2.45) is 5.10 Å². The van der Waals surface area contributed by atoms with E-state index in [1.807, 2.05) is 0 Å². The molecule has 3 heterocycles. The quantitative estimate of drug-likeness (QED) is 0.616. The van der Waals surface area contributed by atoms with Gasteiger partial charge in [0.25, 0.3) is 0 Å². The summed E-state index contributed by atoms with van der Waals surface area (Å²) < 4.78 is 0. The van der Waals surface area contributed by atoms with Gasteiger partial charge in [0.1, 0.15) is 12.0 Å². The number of benzene rings is 2. The molecule has 0 spiro atoms. The summed E-state index contributed by atoms with van der Waals surface area (Å²) in [5, 5.41) is 9.84. The Labute approximate surface area is 201 Å². The van der Waals surface area contributed by atoms with E-state index in [0.29, 0.717) is 19.4 Å². The number of carbonyl (C=O) groups excluding carboxylic acids is 1. The third-order valence-electron chi connectivity index (χ3n) is 7.26. The zero-order valence-electron chi connectivity index (χ0n) is 20.4. The first-order valence-electron chi connectivity index (χ1n) is 12.1. The van der Waals surface area contributed by atoms with Crippen molar-refractivity contribution in [1.82, 2.24) is 26.1 Å². The van der Waals surface area contributed by atoms with Gasteiger partial charge in [-0.2, -0.15) is 5.10 Å². The summed E-state index contributed by atoms with van der Waals surface area (Å²) in [6.45, 7) is 9.07. The van der Waals surface area contributed by atoms with Crippen molar-refractivity contribution < 1.29 is 4.79 Å². The third kappa shape index (κ3) is 4.40. The van der Waals surface area contributed by atoms with Gasteiger partial charge in [0, 0.05) is 31.8 Å². The second-order valence-electron chi connectivity index (χ2n) is 9.75. The lowest BCUT2D eigenvalue weighted by atomic mass is 9.95. The molecule has 7 heteroatoms. The molecule has 0 aromatic heterocycles. The number of aryl methyl sites for hydroxylation is 4. The van der Waals surface area contributed by atoms with Gasteiger partial charge >= 0.3 is 0 Å². The molecule has 2 aromatic rings. The van der Waals surface area contributed by atoms with Crippen molar-refractivity contribution in [1.29, 1.82) is 0 Å². The minimum atomic E-state index is 0.0458. The van der Waals surface area contributed by atoms with Crippen LogP contribution in [0, 0.1) is 27.7 Å². The average molecular weight is 459 g/mol. The van der Waals surface area contributed by atoms with Crippen LogP contribution in [0.2, 0.25) is 0 Å². The van der Waals surface area contributed by atoms with Crippen LogP contribution in [0.3, 0.4) is 0 Å². The first-order valence-corrected chi connectivity index (χ1v) is 12.1. The normalized spacial score (nSPS) is 22.8. The number of hydrazone groups is 1. The highest BCUT2D eigenvalue weighted by molar-refractivity contribution is 5.89. The van der Waals surface area contributed by atoms with Crippen molar-refractivity contribution in [2.45, 2.75) is 71.8 Å². The molecule has 1 saturated heterocycles. The van der Waals surface area contributed by atoms with Gasteiger partial charge in [-0.3, -0.25) is 10.2 Å². The van der Waals surface area contributed by atoms with E-state index in [-0.39, 0.29) is 24.2 Å². The molecule has 3 atom stereocenters. The largest absolute Gasteiger partial charge is 0.352 e. The van der Waals surface area contributed by atoms with E-state index in [4.69, 9.17) is 0 Å². The Hall–Kier alpha value is -3.32. The maximum absolute atomic E-state index is 12.5. The third-order valence-corrected chi connectivity index (χ3v) is 7.26. The van der Waals surface area contributed by atoms with Crippen molar-refractivity contribution in [2.75, 3.05) is 0 Å². The number of hydrazine groups is 1. The average Bonchev–Trinajstić information content (AvgIpc) is 3.44. The highest BCUT2D eigenvalue weighted by Gasteiger charge is 2.44. The van der Waals surface area contributed by atoms with Crippen LogP contribution in [0.1, 0.15) is 58.7 Å². The number of amidine groups is 1. The molecule has 1 fully saturated rings. The van der Waals surface area contributed by atoms with Gasteiger partial charge in [0.2, 0.25) is 5.91 Å². The van der Waals surface area contributed by atoms with E-state index in [9.17, 15) is 4.79 Å². The van der Waals surface area contributed by atoms with Crippen LogP contribution in [0.15, 0.2) is 53.9 Å². The molecule has 0 saturated carbocycles. The van der Waals surface area contributed by atoms with E-state index in [1.54, 1.807) is 0 Å². The number of rotatable bonds is 6. The summed E-state index contributed by atoms with van der Waals surface area (Å²) in [4.78, 5) is 14.7. The first kappa shape index (κ1) is 22.5. The summed E-state index contributed by atoms with van der Waals surface area (Å²) in [5.41, 5.74) is 14.6. The minimum Gasteiger partial charge on any atom is -0.352 e. The van der Waals surface area contributed by atoms with Gasteiger partial charge in [0.15, 0.2) is 0 Å². The fourth-order valence-corrected chi connectivity index (χ4v) is 5.08. The maximum Gasteiger partial charge on any atom is 0.220 e. The molecular formula is C27H34N6O. The molecule has 34 heavy (non-hydrogen) atoms. The van der Waals surface area contributed by atoms with Gasteiger partial charge in [-0.1, -0.05) is 42.0 Å². The number of nitrogens with one attached hydrogen (secondary N) is 3. The topological polar surface area (TPSA) is 72.0 Å². The van der Waals surface area contributed by atoms with E-state index in [2.05, 4.69) is 108 Å². The van der Waals surface area contributed by atoms with Crippen molar-refractivity contribution in [3.63, 3.8) is 0 Å². The fraction of sp³-hybridized carbons (Fsp3) is 0.407. The summed E-state index contributed by atoms with van der Waals surface area (Å²) in [5.74, 6) is 0.960. The molecular weight excluding hydrogens is 424 g/mol. The Morgan fingerprint density at radius 1 is 1.06 bits per heavy atom. The zero-order chi connectivity index (χ0) is 23.8. The van der Waals surface area contributed by atoms with Gasteiger partial charge in [-0.05, 0) is 61.9 Å². The summed E-state index contributed by atoms with van der Waals surface area (Å²) in [6, 6.07) is 13.5. The lowest BCUT2D eigenvalue weighted by molar-refractivity contribution is -0.121. The molecule has 0 aliphatic carbocycles. The minimum absolute atomic E-state index is 0.0458. The molecule has 1 amide bonds. The molecule has 178 valence electrons. The van der Waals surface area contributed by atoms with Crippen LogP contribution < -0.4 is 16.2 Å². The first-order chi connectivity index (χ1) is 16.4. The maximum atomic E-state index is 12.5. The van der Waals surface area contributed by atoms with E-state index in [1.165, 1.54) is 27.8 Å². The second-order valence-corrected chi connectivity index (χ2v) is 9.75. The van der Waals surface area contributed by atoms with E-state index >= 15 is 0 Å². The highest BCUT2D eigenvalue weighted by atomic mass is 16.1. The van der Waals surface area contributed by atoms with Gasteiger partial charge < -0.3 is 15.2 Å². The SMILES string of the molecule is Cc1ccc(C)c(C2CC3C4NN=C(CCC(=O)NCc5ccc(C)c(C)c5)N4C=CN3N2)c1. The molecule has 0 bridgehead atoms. The number of hydrogen-bond donors (Lipinski definition) is 3. The van der Waals surface area contributed by atoms with E-state index in [0.717, 1.165) is 17.8 Å². The molecule has 2 aromatic carbocycles. The lowest BCUT2D eigenvalue weighted by Gasteiger charge is -2.37. The summed E-state index contributed by atoms with van der Waals surface area (Å²) in [6.07, 6.45) is 6.23. The van der Waals surface area contributed by atoms with Gasteiger partial charge in [-0.25, -0.2) is 5.43 Å². The Morgan fingerprint density at radius 2 is 1.88 bits per heavy atom. The molecule has 3 unspecified atom stereocenters. The lowest BCUT2D eigenvalue weighted by Crippen LogP contribution is -2.54. The smallest absolute Gasteiger partial charge is 0.220 e. The van der Waals surface area contributed by atoms with Gasteiger partial charge in [-0.15, -0.1) is 0 Å². The van der Waals surface area contributed by atoms with Crippen LogP contribution >= 0.6 is 0 Å². The zero-order valence-corrected chi connectivity index (χ0v) is 20.4. The fourth-order valence-electron chi connectivity index (χ4n) is 5.08. The summed E-state index contributed by atoms with van der Waals surface area (Å²) >= 11 is 0. The molecule has 3 aliphatic rings. The van der Waals surface area contributed by atoms with Crippen molar-refractivity contribution in [3.8, 4) is 0 Å². The molecule has 3 N–H and O–H groups in total. The molecule has 7 nitrogen and oxygen atoms in total. The van der Waals surface area contributed by atoms with Crippen LogP contribution in [0.5, 0.6) is 0 Å². The Balaban J connectivity index is 1.15. The number of carbonyl (C=O) groups is 1. The van der Waals surface area contributed by atoms with Crippen LogP contribution in [-0.4, -0.2) is 33.9 Å². The van der Waals surface area contributed by atoms with Crippen LogP contribution in [-0.2, 0) is 11.3 Å². The second kappa shape index (κ2) is 9.14. The van der Waals surface area contributed by atoms with Gasteiger partial charge in [0.05, 0.1) is 12.1 Å². The Kier molecular flexibility index (Phi) is 6.04. The monoisotopic (exact) mass is 458 g/mol. The van der Waals surface area contributed by atoms with Crippen LogP contribution in [0.25, 0.3) is 0 Å². The van der Waals surface area contributed by atoms with Crippen molar-refractivity contribution in [3.05, 3.63) is 82.2 Å². The van der Waals surface area contributed by atoms with Crippen LogP contribution in [0.4, 0.5) is 0 Å². The number of nitrogens with zero attached hydrogens (tertiary/aromatic N) is 3. The number of fused-ring (bicyclic) bond motifs is 3. The standard InChI is InChI=1S/C27H34N6O/c1-17-5-6-19(3)22(13-17)23-15-24-27-30-29-25(32(27)11-12-33(24)31-23)9-10-26(34)28-16-21-8-7-18(2)20(4)14-21/h5-8,11-14,23-24,27,30-31H,9-10,15-16H2,1-4H3,(H,28,34). The number of hydrogen-bond acceptors (Lipinski definition) is 6. The highest BCUT2D eigenvalue weighted by Crippen LogP contribution is 2.35. The van der Waals surface area contributed by atoms with E-state index < -0.39 is 0 Å². The number of amides is 1. The predicted molar refractivity (Wildman–Crippen MR) is 134 cm³/mol. The molecule has 0 radical (unpaired) electrons. The van der Waals surface area contributed by atoms with Crippen molar-refractivity contribution >= 4 is 11.7 Å². The Bertz CT molecular complexity index is 1160.